The molecule has 0 radical (unpaired) electrons. The van der Waals surface area contributed by atoms with Crippen LogP contribution in [0.4, 0.5) is 5.69 Å². The maximum Gasteiger partial charge on any atom is 0.253 e. The van der Waals surface area contributed by atoms with Crippen LogP contribution in [-0.4, -0.2) is 24.7 Å². The second-order valence-corrected chi connectivity index (χ2v) is 4.89. The third-order valence-corrected chi connectivity index (χ3v) is 3.33. The Morgan fingerprint density at radius 2 is 2.28 bits per heavy atom. The monoisotopic (exact) mass is 268 g/mol. The minimum Gasteiger partial charge on any atom is -0.398 e. The van der Waals surface area contributed by atoms with Gasteiger partial charge in [0.05, 0.1) is 11.7 Å². The summed E-state index contributed by atoms with van der Waals surface area (Å²) in [6.07, 6.45) is 2.02. The molecule has 98 valence electrons. The minimum atomic E-state index is -0.149. The molecule has 1 fully saturated rings. The number of halogens is 1. The number of benzene rings is 1. The van der Waals surface area contributed by atoms with Gasteiger partial charge in [-0.25, -0.2) is 0 Å². The standard InChI is InChI=1S/C13H17ClN2O2/c1-2-18-10-6-9(7-10)16-13(17)11-4-3-8(14)5-12(11)15/h3-5,9-10H,2,6-7,15H2,1H3,(H,16,17). The molecule has 2 rings (SSSR count). The maximum absolute atomic E-state index is 12.0. The highest BCUT2D eigenvalue weighted by atomic mass is 35.5. The van der Waals surface area contributed by atoms with Gasteiger partial charge >= 0.3 is 0 Å². The average Bonchev–Trinajstić information content (AvgIpc) is 2.26. The van der Waals surface area contributed by atoms with Crippen LogP contribution in [0, 0.1) is 0 Å². The average molecular weight is 269 g/mol. The number of anilines is 1. The summed E-state index contributed by atoms with van der Waals surface area (Å²) in [5.74, 6) is -0.149. The first-order valence-electron chi connectivity index (χ1n) is 6.07. The van der Waals surface area contributed by atoms with Crippen molar-refractivity contribution in [3.8, 4) is 0 Å². The molecule has 1 aromatic carbocycles. The van der Waals surface area contributed by atoms with Gasteiger partial charge in [0.1, 0.15) is 0 Å². The summed E-state index contributed by atoms with van der Waals surface area (Å²) in [6, 6.07) is 5.08. The summed E-state index contributed by atoms with van der Waals surface area (Å²) in [6.45, 7) is 2.69. The van der Waals surface area contributed by atoms with E-state index in [4.69, 9.17) is 22.1 Å². The van der Waals surface area contributed by atoms with Crippen molar-refractivity contribution in [3.63, 3.8) is 0 Å². The largest absolute Gasteiger partial charge is 0.398 e. The van der Waals surface area contributed by atoms with Crippen molar-refractivity contribution in [2.75, 3.05) is 12.3 Å². The Morgan fingerprint density at radius 1 is 1.56 bits per heavy atom. The van der Waals surface area contributed by atoms with Gasteiger partial charge in [0, 0.05) is 23.4 Å². The van der Waals surface area contributed by atoms with Crippen LogP contribution in [0.5, 0.6) is 0 Å². The Hall–Kier alpha value is -1.26. The van der Waals surface area contributed by atoms with Crippen molar-refractivity contribution in [2.45, 2.75) is 31.9 Å². The third kappa shape index (κ3) is 2.94. The number of hydrogen-bond acceptors (Lipinski definition) is 3. The van der Waals surface area contributed by atoms with Gasteiger partial charge in [-0.1, -0.05) is 11.6 Å². The topological polar surface area (TPSA) is 64.3 Å². The zero-order valence-corrected chi connectivity index (χ0v) is 11.0. The van der Waals surface area contributed by atoms with Crippen LogP contribution in [0.25, 0.3) is 0 Å². The Kier molecular flexibility index (Phi) is 4.09. The van der Waals surface area contributed by atoms with Gasteiger partial charge in [0.2, 0.25) is 0 Å². The summed E-state index contributed by atoms with van der Waals surface area (Å²) >= 11 is 5.79. The number of ether oxygens (including phenoxy) is 1. The number of nitrogens with one attached hydrogen (secondary N) is 1. The molecule has 1 aliphatic rings. The molecule has 1 aromatic rings. The Morgan fingerprint density at radius 3 is 2.89 bits per heavy atom. The molecule has 0 spiro atoms. The lowest BCUT2D eigenvalue weighted by atomic mass is 9.89. The molecule has 3 N–H and O–H groups in total. The lowest BCUT2D eigenvalue weighted by molar-refractivity contribution is -0.00861. The maximum atomic E-state index is 12.0. The fourth-order valence-electron chi connectivity index (χ4n) is 2.06. The van der Waals surface area contributed by atoms with Crippen LogP contribution >= 0.6 is 11.6 Å². The zero-order valence-electron chi connectivity index (χ0n) is 10.3. The number of amides is 1. The van der Waals surface area contributed by atoms with Crippen LogP contribution in [0.1, 0.15) is 30.1 Å². The number of nitrogen functional groups attached to an aromatic ring is 1. The van der Waals surface area contributed by atoms with E-state index < -0.39 is 0 Å². The fourth-order valence-corrected chi connectivity index (χ4v) is 2.24. The molecule has 1 aliphatic carbocycles. The van der Waals surface area contributed by atoms with Crippen molar-refractivity contribution >= 4 is 23.2 Å². The molecule has 1 saturated carbocycles. The molecule has 0 bridgehead atoms. The van der Waals surface area contributed by atoms with Crippen molar-refractivity contribution in [1.82, 2.24) is 5.32 Å². The van der Waals surface area contributed by atoms with E-state index in [2.05, 4.69) is 5.32 Å². The molecule has 18 heavy (non-hydrogen) atoms. The highest BCUT2D eigenvalue weighted by Crippen LogP contribution is 2.24. The highest BCUT2D eigenvalue weighted by molar-refractivity contribution is 6.31. The smallest absolute Gasteiger partial charge is 0.253 e. The molecular weight excluding hydrogens is 252 g/mol. The summed E-state index contributed by atoms with van der Waals surface area (Å²) < 4.78 is 5.44. The fraction of sp³-hybridized carbons (Fsp3) is 0.462. The van der Waals surface area contributed by atoms with E-state index in [0.29, 0.717) is 16.3 Å². The molecular formula is C13H17ClN2O2. The SMILES string of the molecule is CCOC1CC(NC(=O)c2ccc(Cl)cc2N)C1. The first-order chi connectivity index (χ1) is 8.60. The number of hydrogen-bond donors (Lipinski definition) is 2. The summed E-state index contributed by atoms with van der Waals surface area (Å²) in [5, 5.41) is 3.47. The Labute approximate surface area is 111 Å². The van der Waals surface area contributed by atoms with Gasteiger partial charge in [-0.15, -0.1) is 0 Å². The number of rotatable bonds is 4. The van der Waals surface area contributed by atoms with Crippen LogP contribution < -0.4 is 11.1 Å². The minimum absolute atomic E-state index is 0.149. The van der Waals surface area contributed by atoms with Crippen LogP contribution in [0.15, 0.2) is 18.2 Å². The third-order valence-electron chi connectivity index (χ3n) is 3.09. The van der Waals surface area contributed by atoms with E-state index in [9.17, 15) is 4.79 Å². The van der Waals surface area contributed by atoms with Gasteiger partial charge in [-0.05, 0) is 38.0 Å². The van der Waals surface area contributed by atoms with E-state index in [0.717, 1.165) is 19.4 Å². The molecule has 0 unspecified atom stereocenters. The second-order valence-electron chi connectivity index (χ2n) is 4.45. The number of carbonyl (C=O) groups is 1. The van der Waals surface area contributed by atoms with E-state index in [1.165, 1.54) is 0 Å². The molecule has 5 heteroatoms. The lowest BCUT2D eigenvalue weighted by Gasteiger charge is -2.35. The van der Waals surface area contributed by atoms with Crippen molar-refractivity contribution in [2.24, 2.45) is 0 Å². The van der Waals surface area contributed by atoms with Gasteiger partial charge in [0.25, 0.3) is 5.91 Å². The zero-order chi connectivity index (χ0) is 13.1. The first kappa shape index (κ1) is 13.2. The summed E-state index contributed by atoms with van der Waals surface area (Å²) in [4.78, 5) is 12.0. The predicted molar refractivity (Wildman–Crippen MR) is 71.8 cm³/mol. The normalized spacial score (nSPS) is 22.3. The van der Waals surface area contributed by atoms with Crippen LogP contribution in [0.2, 0.25) is 5.02 Å². The second kappa shape index (κ2) is 5.59. The molecule has 0 heterocycles. The molecule has 0 atom stereocenters. The van der Waals surface area contributed by atoms with Gasteiger partial charge in [-0.3, -0.25) is 4.79 Å². The summed E-state index contributed by atoms with van der Waals surface area (Å²) in [5.41, 5.74) is 6.64. The highest BCUT2D eigenvalue weighted by Gasteiger charge is 2.31. The number of carbonyl (C=O) groups excluding carboxylic acids is 1. The Bertz CT molecular complexity index is 445. The molecule has 0 saturated heterocycles. The Balaban J connectivity index is 1.89. The van der Waals surface area contributed by atoms with Crippen molar-refractivity contribution in [3.05, 3.63) is 28.8 Å². The lowest BCUT2D eigenvalue weighted by Crippen LogP contribution is -2.47. The molecule has 0 aromatic heterocycles. The van der Waals surface area contributed by atoms with Crippen molar-refractivity contribution < 1.29 is 9.53 Å². The molecule has 4 nitrogen and oxygen atoms in total. The van der Waals surface area contributed by atoms with Gasteiger partial charge in [0.15, 0.2) is 0 Å². The van der Waals surface area contributed by atoms with E-state index in [1.54, 1.807) is 18.2 Å². The van der Waals surface area contributed by atoms with Crippen LogP contribution in [0.3, 0.4) is 0 Å². The van der Waals surface area contributed by atoms with Crippen LogP contribution in [-0.2, 0) is 4.74 Å². The van der Waals surface area contributed by atoms with E-state index >= 15 is 0 Å². The van der Waals surface area contributed by atoms with Gasteiger partial charge in [-0.2, -0.15) is 0 Å². The van der Waals surface area contributed by atoms with E-state index in [1.807, 2.05) is 6.92 Å². The quantitative estimate of drug-likeness (QED) is 0.823. The van der Waals surface area contributed by atoms with Crippen molar-refractivity contribution in [1.29, 1.82) is 0 Å². The predicted octanol–water partition coefficient (Wildman–Crippen LogP) is 2.22. The molecule has 0 aliphatic heterocycles. The van der Waals surface area contributed by atoms with Gasteiger partial charge < -0.3 is 15.8 Å². The summed E-state index contributed by atoms with van der Waals surface area (Å²) in [7, 11) is 0. The first-order valence-corrected chi connectivity index (χ1v) is 6.45. The molecule has 1 amide bonds. The van der Waals surface area contributed by atoms with E-state index in [-0.39, 0.29) is 18.1 Å². The number of nitrogens with two attached hydrogens (primary N) is 1.